The lowest BCUT2D eigenvalue weighted by molar-refractivity contribution is 0.351. The summed E-state index contributed by atoms with van der Waals surface area (Å²) in [5.74, 6) is 0.763. The molecule has 3 aliphatic carbocycles. The van der Waals surface area contributed by atoms with E-state index in [4.69, 9.17) is 5.73 Å². The second-order valence-corrected chi connectivity index (χ2v) is 6.32. The quantitative estimate of drug-likeness (QED) is 0.694. The number of benzene rings is 2. The summed E-state index contributed by atoms with van der Waals surface area (Å²) in [5.41, 5.74) is 12.9. The molecule has 2 aromatic carbocycles. The lowest BCUT2D eigenvalue weighted by Crippen LogP contribution is -2.34. The summed E-state index contributed by atoms with van der Waals surface area (Å²) in [6.07, 6.45) is 6.99. The Morgan fingerprint density at radius 2 is 1.82 bits per heavy atom. The summed E-state index contributed by atoms with van der Waals surface area (Å²) in [4.78, 5) is 4.25. The first-order chi connectivity index (χ1) is 10.8. The van der Waals surface area contributed by atoms with Gasteiger partial charge in [0, 0.05) is 36.0 Å². The number of nitrogens with zero attached hydrogens (tertiary/aromatic N) is 2. The first kappa shape index (κ1) is 12.0. The summed E-state index contributed by atoms with van der Waals surface area (Å²) in [6.45, 7) is 0. The van der Waals surface area contributed by atoms with E-state index in [0.717, 1.165) is 12.1 Å². The van der Waals surface area contributed by atoms with E-state index in [2.05, 4.69) is 52.1 Å². The van der Waals surface area contributed by atoms with Crippen LogP contribution in [0.4, 0.5) is 5.69 Å². The third-order valence-electron chi connectivity index (χ3n) is 5.33. The molecule has 6 rings (SSSR count). The van der Waals surface area contributed by atoms with Gasteiger partial charge in [-0.2, -0.15) is 0 Å². The number of aromatic nitrogens is 2. The van der Waals surface area contributed by atoms with Crippen molar-refractivity contribution >= 4 is 5.69 Å². The van der Waals surface area contributed by atoms with Crippen molar-refractivity contribution in [2.45, 2.75) is 24.3 Å². The van der Waals surface area contributed by atoms with E-state index >= 15 is 0 Å². The van der Waals surface area contributed by atoms with Crippen LogP contribution in [0, 0.1) is 0 Å². The standard InChI is InChI=1S/C19H17N3/c20-16-7-3-6-14-18(16)15-10-17(22-9-8-21-11-22)19(14)13-5-2-1-4-12(13)15/h1-9,11,15,17,19H,10,20H2. The van der Waals surface area contributed by atoms with Crippen molar-refractivity contribution in [2.75, 3.05) is 5.73 Å². The molecule has 0 fully saturated rings. The predicted molar refractivity (Wildman–Crippen MR) is 86.9 cm³/mol. The molecule has 1 heterocycles. The van der Waals surface area contributed by atoms with Gasteiger partial charge < -0.3 is 10.3 Å². The van der Waals surface area contributed by atoms with Gasteiger partial charge in [-0.15, -0.1) is 0 Å². The molecule has 0 amide bonds. The Balaban J connectivity index is 1.80. The molecular formula is C19H17N3. The van der Waals surface area contributed by atoms with Crippen molar-refractivity contribution < 1.29 is 0 Å². The van der Waals surface area contributed by atoms with Gasteiger partial charge in [0.05, 0.1) is 6.33 Å². The molecule has 0 radical (unpaired) electrons. The zero-order valence-corrected chi connectivity index (χ0v) is 12.2. The van der Waals surface area contributed by atoms with Crippen LogP contribution in [0.25, 0.3) is 0 Å². The van der Waals surface area contributed by atoms with E-state index < -0.39 is 0 Å². The molecule has 3 aromatic rings. The number of nitrogen functional groups attached to an aromatic ring is 1. The molecular weight excluding hydrogens is 270 g/mol. The van der Waals surface area contributed by atoms with Crippen molar-refractivity contribution in [3.05, 3.63) is 83.4 Å². The summed E-state index contributed by atoms with van der Waals surface area (Å²) >= 11 is 0. The largest absolute Gasteiger partial charge is 0.398 e. The SMILES string of the molecule is Nc1cccc2c1C1CC(n3ccnc3)C2c2ccccc21. The molecule has 0 saturated heterocycles. The highest BCUT2D eigenvalue weighted by atomic mass is 15.1. The van der Waals surface area contributed by atoms with Crippen molar-refractivity contribution in [1.82, 2.24) is 9.55 Å². The van der Waals surface area contributed by atoms with Crippen LogP contribution in [-0.4, -0.2) is 9.55 Å². The van der Waals surface area contributed by atoms with Crippen LogP contribution in [0.1, 0.15) is 46.6 Å². The van der Waals surface area contributed by atoms with Crippen LogP contribution in [0.5, 0.6) is 0 Å². The molecule has 3 aliphatic rings. The Morgan fingerprint density at radius 1 is 1.00 bits per heavy atom. The Labute approximate surface area is 129 Å². The van der Waals surface area contributed by atoms with Crippen LogP contribution in [-0.2, 0) is 0 Å². The summed E-state index contributed by atoms with van der Waals surface area (Å²) in [5, 5.41) is 0. The predicted octanol–water partition coefficient (Wildman–Crippen LogP) is 3.69. The number of fused-ring (bicyclic) bond motifs is 1. The highest BCUT2D eigenvalue weighted by molar-refractivity contribution is 5.64. The average Bonchev–Trinajstić information content (AvgIpc) is 3.09. The fourth-order valence-corrected chi connectivity index (χ4v) is 4.51. The minimum absolute atomic E-state index is 0.369. The average molecular weight is 287 g/mol. The second kappa shape index (κ2) is 4.23. The van der Waals surface area contributed by atoms with Crippen LogP contribution in [0.2, 0.25) is 0 Å². The van der Waals surface area contributed by atoms with Gasteiger partial charge in [0.15, 0.2) is 0 Å². The third kappa shape index (κ3) is 1.43. The van der Waals surface area contributed by atoms with Crippen LogP contribution < -0.4 is 5.73 Å². The summed E-state index contributed by atoms with van der Waals surface area (Å²) < 4.78 is 2.26. The van der Waals surface area contributed by atoms with Crippen molar-refractivity contribution in [2.24, 2.45) is 0 Å². The van der Waals surface area contributed by atoms with Crippen LogP contribution in [0.3, 0.4) is 0 Å². The van der Waals surface area contributed by atoms with Gasteiger partial charge in [0.2, 0.25) is 0 Å². The fourth-order valence-electron chi connectivity index (χ4n) is 4.51. The fraction of sp³-hybridized carbons (Fsp3) is 0.211. The maximum absolute atomic E-state index is 6.33. The van der Waals surface area contributed by atoms with Crippen LogP contribution >= 0.6 is 0 Å². The van der Waals surface area contributed by atoms with Crippen molar-refractivity contribution in [3.8, 4) is 0 Å². The molecule has 3 heteroatoms. The Kier molecular flexibility index (Phi) is 2.31. The van der Waals surface area contributed by atoms with E-state index in [1.165, 1.54) is 22.3 Å². The van der Waals surface area contributed by atoms with E-state index in [-0.39, 0.29) is 0 Å². The highest BCUT2D eigenvalue weighted by Crippen LogP contribution is 2.58. The van der Waals surface area contributed by atoms with Gasteiger partial charge in [-0.05, 0) is 34.7 Å². The second-order valence-electron chi connectivity index (χ2n) is 6.32. The minimum Gasteiger partial charge on any atom is -0.398 e. The van der Waals surface area contributed by atoms with Crippen molar-refractivity contribution in [1.29, 1.82) is 0 Å². The van der Waals surface area contributed by atoms with Gasteiger partial charge in [-0.25, -0.2) is 4.98 Å². The Hall–Kier alpha value is -2.55. The monoisotopic (exact) mass is 287 g/mol. The van der Waals surface area contributed by atoms with Gasteiger partial charge in [0.1, 0.15) is 0 Å². The first-order valence-electron chi connectivity index (χ1n) is 7.79. The molecule has 22 heavy (non-hydrogen) atoms. The zero-order chi connectivity index (χ0) is 14.7. The lowest BCUT2D eigenvalue weighted by Gasteiger charge is -2.46. The van der Waals surface area contributed by atoms with Gasteiger partial charge >= 0.3 is 0 Å². The maximum Gasteiger partial charge on any atom is 0.0948 e. The molecule has 0 saturated carbocycles. The van der Waals surface area contributed by atoms with E-state index in [0.29, 0.717) is 17.9 Å². The van der Waals surface area contributed by atoms with E-state index in [9.17, 15) is 0 Å². The maximum atomic E-state index is 6.33. The van der Waals surface area contributed by atoms with Gasteiger partial charge in [-0.3, -0.25) is 0 Å². The minimum atomic E-state index is 0.369. The Morgan fingerprint density at radius 3 is 2.64 bits per heavy atom. The van der Waals surface area contributed by atoms with E-state index in [1.807, 2.05) is 18.6 Å². The van der Waals surface area contributed by atoms with Gasteiger partial charge in [0.25, 0.3) is 0 Å². The number of imidazole rings is 1. The molecule has 3 unspecified atom stereocenters. The topological polar surface area (TPSA) is 43.8 Å². The number of nitrogens with two attached hydrogens (primary N) is 1. The number of rotatable bonds is 1. The molecule has 0 spiro atoms. The molecule has 2 N–H and O–H groups in total. The number of anilines is 1. The molecule has 3 atom stereocenters. The Bertz CT molecular complexity index is 851. The zero-order valence-electron chi connectivity index (χ0n) is 12.2. The van der Waals surface area contributed by atoms with E-state index in [1.54, 1.807) is 0 Å². The van der Waals surface area contributed by atoms with Gasteiger partial charge in [-0.1, -0.05) is 36.4 Å². The molecule has 2 bridgehead atoms. The smallest absolute Gasteiger partial charge is 0.0948 e. The molecule has 108 valence electrons. The number of hydrogen-bond acceptors (Lipinski definition) is 2. The lowest BCUT2D eigenvalue weighted by atomic mass is 9.61. The first-order valence-corrected chi connectivity index (χ1v) is 7.79. The number of hydrogen-bond donors (Lipinski definition) is 1. The normalized spacial score (nSPS) is 24.8. The molecule has 1 aromatic heterocycles. The van der Waals surface area contributed by atoms with Crippen LogP contribution in [0.15, 0.2) is 61.2 Å². The molecule has 3 nitrogen and oxygen atoms in total. The molecule has 0 aliphatic heterocycles. The van der Waals surface area contributed by atoms with Crippen molar-refractivity contribution in [3.63, 3.8) is 0 Å². The third-order valence-corrected chi connectivity index (χ3v) is 5.33. The summed E-state index contributed by atoms with van der Waals surface area (Å²) in [7, 11) is 0. The highest BCUT2D eigenvalue weighted by Gasteiger charge is 2.44. The summed E-state index contributed by atoms with van der Waals surface area (Å²) in [6, 6.07) is 15.6.